The van der Waals surface area contributed by atoms with Gasteiger partial charge in [0.1, 0.15) is 18.8 Å². The molecule has 0 fully saturated rings. The van der Waals surface area contributed by atoms with Gasteiger partial charge in [0.2, 0.25) is 0 Å². The Hall–Kier alpha value is -2.72. The molecule has 0 atom stereocenters. The second-order valence-electron chi connectivity index (χ2n) is 3.82. The quantitative estimate of drug-likeness (QED) is 0.651. The zero-order valence-corrected chi connectivity index (χ0v) is 10.6. The summed E-state index contributed by atoms with van der Waals surface area (Å²) in [7, 11) is 0. The number of H-pyrrole nitrogens is 1. The molecule has 0 spiro atoms. The van der Waals surface area contributed by atoms with E-state index in [-0.39, 0.29) is 12.5 Å². The first-order valence-corrected chi connectivity index (χ1v) is 5.97. The van der Waals surface area contributed by atoms with Gasteiger partial charge in [0.05, 0.1) is 11.1 Å². The lowest BCUT2D eigenvalue weighted by Crippen LogP contribution is -2.26. The third-order valence-corrected chi connectivity index (χ3v) is 2.48. The largest absolute Gasteiger partial charge is 0.384 e. The van der Waals surface area contributed by atoms with E-state index in [0.717, 1.165) is 0 Å². The lowest BCUT2D eigenvalue weighted by Gasteiger charge is -2.05. The van der Waals surface area contributed by atoms with Crippen molar-refractivity contribution in [3.8, 4) is 11.8 Å². The fourth-order valence-corrected chi connectivity index (χ4v) is 1.57. The number of aliphatic hydroxyl groups excluding tert-OH is 1. The van der Waals surface area contributed by atoms with Gasteiger partial charge in [0, 0.05) is 25.4 Å². The van der Waals surface area contributed by atoms with E-state index in [1.54, 1.807) is 6.07 Å². The van der Waals surface area contributed by atoms with Crippen LogP contribution in [0.3, 0.4) is 0 Å². The van der Waals surface area contributed by atoms with E-state index in [2.05, 4.69) is 37.3 Å². The standard InChI is InChI=1S/C13H13N5O2/c19-7-1-2-10-8-14-5-3-11(10)13(20)15-6-4-12-16-9-17-18-12/h3,5,8-9,19H,4,6-7H2,(H,15,20)(H,16,17,18). The van der Waals surface area contributed by atoms with Gasteiger partial charge in [-0.1, -0.05) is 11.8 Å². The van der Waals surface area contributed by atoms with E-state index in [1.165, 1.54) is 18.7 Å². The molecule has 0 aliphatic carbocycles. The summed E-state index contributed by atoms with van der Waals surface area (Å²) in [6.45, 7) is 0.171. The first-order chi connectivity index (χ1) is 9.81. The smallest absolute Gasteiger partial charge is 0.252 e. The van der Waals surface area contributed by atoms with Gasteiger partial charge in [-0.3, -0.25) is 14.9 Å². The normalized spacial score (nSPS) is 9.65. The summed E-state index contributed by atoms with van der Waals surface area (Å²) in [5.74, 6) is 5.66. The fraction of sp³-hybridized carbons (Fsp3) is 0.231. The number of hydrogen-bond acceptors (Lipinski definition) is 5. The highest BCUT2D eigenvalue weighted by atomic mass is 16.2. The number of aliphatic hydroxyl groups is 1. The number of nitrogens with zero attached hydrogens (tertiary/aromatic N) is 3. The molecular weight excluding hydrogens is 258 g/mol. The van der Waals surface area contributed by atoms with Crippen LogP contribution < -0.4 is 5.32 Å². The van der Waals surface area contributed by atoms with Crippen molar-refractivity contribution in [1.82, 2.24) is 25.5 Å². The van der Waals surface area contributed by atoms with Crippen molar-refractivity contribution in [2.45, 2.75) is 6.42 Å². The number of hydrogen-bond donors (Lipinski definition) is 3. The number of aromatic nitrogens is 4. The maximum Gasteiger partial charge on any atom is 0.252 e. The van der Waals surface area contributed by atoms with Gasteiger partial charge in [-0.2, -0.15) is 5.10 Å². The van der Waals surface area contributed by atoms with E-state index in [0.29, 0.717) is 29.9 Å². The highest BCUT2D eigenvalue weighted by molar-refractivity contribution is 5.96. The Bertz CT molecular complexity index is 628. The molecule has 3 N–H and O–H groups in total. The van der Waals surface area contributed by atoms with Crippen LogP contribution in [0, 0.1) is 11.8 Å². The van der Waals surface area contributed by atoms with E-state index in [9.17, 15) is 4.79 Å². The van der Waals surface area contributed by atoms with Crippen molar-refractivity contribution in [2.24, 2.45) is 0 Å². The van der Waals surface area contributed by atoms with Crippen LogP contribution in [-0.4, -0.2) is 44.3 Å². The number of nitrogens with one attached hydrogen (secondary N) is 2. The number of carbonyl (C=O) groups excluding carboxylic acids is 1. The van der Waals surface area contributed by atoms with Crippen LogP contribution in [0.4, 0.5) is 0 Å². The number of rotatable bonds is 4. The Morgan fingerprint density at radius 1 is 1.50 bits per heavy atom. The Morgan fingerprint density at radius 3 is 3.15 bits per heavy atom. The average Bonchev–Trinajstić information content (AvgIpc) is 2.98. The highest BCUT2D eigenvalue weighted by Gasteiger charge is 2.09. The summed E-state index contributed by atoms with van der Waals surface area (Å²) >= 11 is 0. The molecule has 0 bridgehead atoms. The molecule has 0 saturated carbocycles. The first kappa shape index (κ1) is 13.7. The minimum atomic E-state index is -0.262. The monoisotopic (exact) mass is 271 g/mol. The SMILES string of the molecule is O=C(NCCc1ncn[nH]1)c1ccncc1C#CCO. The lowest BCUT2D eigenvalue weighted by atomic mass is 10.1. The number of aromatic amines is 1. The third kappa shape index (κ3) is 3.63. The molecule has 2 aromatic heterocycles. The van der Waals surface area contributed by atoms with E-state index < -0.39 is 0 Å². The molecule has 20 heavy (non-hydrogen) atoms. The predicted molar refractivity (Wildman–Crippen MR) is 70.6 cm³/mol. The van der Waals surface area contributed by atoms with E-state index in [1.807, 2.05) is 0 Å². The van der Waals surface area contributed by atoms with Gasteiger partial charge in [-0.15, -0.1) is 0 Å². The lowest BCUT2D eigenvalue weighted by molar-refractivity contribution is 0.0953. The van der Waals surface area contributed by atoms with Crippen LogP contribution in [-0.2, 0) is 6.42 Å². The molecule has 0 unspecified atom stereocenters. The van der Waals surface area contributed by atoms with Crippen molar-refractivity contribution >= 4 is 5.91 Å². The maximum absolute atomic E-state index is 12.0. The van der Waals surface area contributed by atoms with Gasteiger partial charge >= 0.3 is 0 Å². The van der Waals surface area contributed by atoms with Crippen LogP contribution in [0.2, 0.25) is 0 Å². The summed E-state index contributed by atoms with van der Waals surface area (Å²) < 4.78 is 0. The Morgan fingerprint density at radius 2 is 2.40 bits per heavy atom. The topological polar surface area (TPSA) is 104 Å². The maximum atomic E-state index is 12.0. The summed E-state index contributed by atoms with van der Waals surface area (Å²) in [6, 6.07) is 1.59. The summed E-state index contributed by atoms with van der Waals surface area (Å²) in [4.78, 5) is 19.9. The molecule has 7 heteroatoms. The van der Waals surface area contributed by atoms with Crippen molar-refractivity contribution in [2.75, 3.05) is 13.2 Å². The van der Waals surface area contributed by atoms with Gasteiger partial charge in [0.25, 0.3) is 5.91 Å². The zero-order chi connectivity index (χ0) is 14.2. The van der Waals surface area contributed by atoms with Crippen molar-refractivity contribution in [3.63, 3.8) is 0 Å². The highest BCUT2D eigenvalue weighted by Crippen LogP contribution is 2.05. The second-order valence-corrected chi connectivity index (χ2v) is 3.82. The van der Waals surface area contributed by atoms with E-state index in [4.69, 9.17) is 5.11 Å². The van der Waals surface area contributed by atoms with Crippen molar-refractivity contribution in [3.05, 3.63) is 41.7 Å². The molecule has 0 saturated heterocycles. The number of carbonyl (C=O) groups is 1. The van der Waals surface area contributed by atoms with Crippen molar-refractivity contribution < 1.29 is 9.90 Å². The van der Waals surface area contributed by atoms with Crippen LogP contribution in [0.25, 0.3) is 0 Å². The molecule has 2 rings (SSSR count). The molecule has 0 aliphatic rings. The molecule has 2 aromatic rings. The predicted octanol–water partition coefficient (Wildman–Crippen LogP) is -0.484. The molecular formula is C13H13N5O2. The Balaban J connectivity index is 1.98. The molecule has 0 radical (unpaired) electrons. The summed E-state index contributed by atoms with van der Waals surface area (Å²) in [6.07, 6.45) is 5.00. The summed E-state index contributed by atoms with van der Waals surface area (Å²) in [5.41, 5.74) is 0.914. The zero-order valence-electron chi connectivity index (χ0n) is 10.6. The second kappa shape index (κ2) is 7.01. The molecule has 7 nitrogen and oxygen atoms in total. The minimum Gasteiger partial charge on any atom is -0.384 e. The molecule has 0 aromatic carbocycles. The third-order valence-electron chi connectivity index (χ3n) is 2.48. The minimum absolute atomic E-state index is 0.242. The van der Waals surface area contributed by atoms with Crippen LogP contribution in [0.15, 0.2) is 24.8 Å². The van der Waals surface area contributed by atoms with Gasteiger partial charge in [0.15, 0.2) is 0 Å². The Labute approximate surface area is 115 Å². The average molecular weight is 271 g/mol. The molecule has 102 valence electrons. The number of pyridine rings is 1. The fourth-order valence-electron chi connectivity index (χ4n) is 1.57. The van der Waals surface area contributed by atoms with Gasteiger partial charge < -0.3 is 10.4 Å². The molecule has 2 heterocycles. The first-order valence-electron chi connectivity index (χ1n) is 5.97. The Kier molecular flexibility index (Phi) is 4.81. The van der Waals surface area contributed by atoms with Gasteiger partial charge in [-0.25, -0.2) is 4.98 Å². The summed E-state index contributed by atoms with van der Waals surface area (Å²) in [5, 5.41) is 17.9. The molecule has 1 amide bonds. The van der Waals surface area contributed by atoms with E-state index >= 15 is 0 Å². The van der Waals surface area contributed by atoms with Crippen LogP contribution in [0.5, 0.6) is 0 Å². The molecule has 0 aliphatic heterocycles. The number of amides is 1. The van der Waals surface area contributed by atoms with Gasteiger partial charge in [-0.05, 0) is 6.07 Å². The van der Waals surface area contributed by atoms with Crippen LogP contribution >= 0.6 is 0 Å². The van der Waals surface area contributed by atoms with Crippen molar-refractivity contribution in [1.29, 1.82) is 0 Å². The van der Waals surface area contributed by atoms with Crippen LogP contribution in [0.1, 0.15) is 21.7 Å².